The van der Waals surface area contributed by atoms with Crippen molar-refractivity contribution in [1.82, 2.24) is 9.78 Å². The molecular formula is C9H17N3. The third kappa shape index (κ3) is 1.31. The van der Waals surface area contributed by atoms with Gasteiger partial charge in [0.05, 0.1) is 17.1 Å². The molecule has 0 aromatic carbocycles. The molecule has 0 aliphatic rings. The Bertz CT molecular complexity index is 291. The average molecular weight is 167 g/mol. The van der Waals surface area contributed by atoms with Gasteiger partial charge in [-0.05, 0) is 6.92 Å². The van der Waals surface area contributed by atoms with Gasteiger partial charge >= 0.3 is 0 Å². The van der Waals surface area contributed by atoms with Crippen molar-refractivity contribution in [2.45, 2.75) is 33.1 Å². The third-order valence-corrected chi connectivity index (χ3v) is 1.98. The zero-order valence-electron chi connectivity index (χ0n) is 8.47. The Balaban J connectivity index is 3.32. The van der Waals surface area contributed by atoms with Crippen LogP contribution in [0.4, 0.5) is 5.69 Å². The van der Waals surface area contributed by atoms with Gasteiger partial charge in [0.15, 0.2) is 0 Å². The summed E-state index contributed by atoms with van der Waals surface area (Å²) in [6.45, 7) is 8.35. The second kappa shape index (κ2) is 2.51. The zero-order valence-corrected chi connectivity index (χ0v) is 8.47. The maximum absolute atomic E-state index is 5.91. The number of hydrogen-bond acceptors (Lipinski definition) is 2. The van der Waals surface area contributed by atoms with Crippen molar-refractivity contribution in [3.63, 3.8) is 0 Å². The fourth-order valence-corrected chi connectivity index (χ4v) is 1.56. The van der Waals surface area contributed by atoms with Crippen LogP contribution in [0.2, 0.25) is 0 Å². The Morgan fingerprint density at radius 3 is 2.00 bits per heavy atom. The van der Waals surface area contributed by atoms with Crippen molar-refractivity contribution in [2.75, 3.05) is 5.73 Å². The molecule has 12 heavy (non-hydrogen) atoms. The Morgan fingerprint density at radius 2 is 1.83 bits per heavy atom. The Hall–Kier alpha value is -0.990. The standard InChI is InChI=1S/C9H17N3/c1-6-7(10)8(9(2,3)4)12(5)11-6/h10H2,1-5H3. The van der Waals surface area contributed by atoms with Gasteiger partial charge in [-0.3, -0.25) is 4.68 Å². The molecule has 0 aliphatic carbocycles. The van der Waals surface area contributed by atoms with Gasteiger partial charge in [-0.2, -0.15) is 5.10 Å². The molecule has 0 aliphatic heterocycles. The minimum Gasteiger partial charge on any atom is -0.396 e. The SMILES string of the molecule is Cc1nn(C)c(C(C)(C)C)c1N. The van der Waals surface area contributed by atoms with Crippen molar-refractivity contribution in [3.8, 4) is 0 Å². The van der Waals surface area contributed by atoms with Gasteiger partial charge in [-0.15, -0.1) is 0 Å². The van der Waals surface area contributed by atoms with Gasteiger partial charge in [0.2, 0.25) is 0 Å². The number of aromatic nitrogens is 2. The highest BCUT2D eigenvalue weighted by Gasteiger charge is 2.22. The van der Waals surface area contributed by atoms with Gasteiger partial charge in [0.25, 0.3) is 0 Å². The normalized spacial score (nSPS) is 12.1. The zero-order chi connectivity index (χ0) is 9.52. The quantitative estimate of drug-likeness (QED) is 0.638. The summed E-state index contributed by atoms with van der Waals surface area (Å²) >= 11 is 0. The summed E-state index contributed by atoms with van der Waals surface area (Å²) in [4.78, 5) is 0. The minimum absolute atomic E-state index is 0.0695. The van der Waals surface area contributed by atoms with Crippen molar-refractivity contribution < 1.29 is 0 Å². The van der Waals surface area contributed by atoms with Gasteiger partial charge in [0, 0.05) is 12.5 Å². The highest BCUT2D eigenvalue weighted by Crippen LogP contribution is 2.28. The highest BCUT2D eigenvalue weighted by atomic mass is 15.3. The second-order valence-corrected chi connectivity index (χ2v) is 4.22. The van der Waals surface area contributed by atoms with Crippen LogP contribution < -0.4 is 5.73 Å². The van der Waals surface area contributed by atoms with E-state index in [-0.39, 0.29) is 5.41 Å². The van der Waals surface area contributed by atoms with E-state index in [1.807, 2.05) is 18.7 Å². The van der Waals surface area contributed by atoms with Gasteiger partial charge in [-0.1, -0.05) is 20.8 Å². The van der Waals surface area contributed by atoms with Crippen LogP contribution in [0.3, 0.4) is 0 Å². The Labute approximate surface area is 73.6 Å². The van der Waals surface area contributed by atoms with Crippen LogP contribution in [0.1, 0.15) is 32.2 Å². The topological polar surface area (TPSA) is 43.8 Å². The van der Waals surface area contributed by atoms with Crippen LogP contribution in [0.15, 0.2) is 0 Å². The summed E-state index contributed by atoms with van der Waals surface area (Å²) < 4.78 is 1.87. The van der Waals surface area contributed by atoms with Crippen LogP contribution >= 0.6 is 0 Å². The first-order valence-corrected chi connectivity index (χ1v) is 4.13. The van der Waals surface area contributed by atoms with Gasteiger partial charge < -0.3 is 5.73 Å². The fraction of sp³-hybridized carbons (Fsp3) is 0.667. The largest absolute Gasteiger partial charge is 0.396 e. The second-order valence-electron chi connectivity index (χ2n) is 4.22. The highest BCUT2D eigenvalue weighted by molar-refractivity contribution is 5.50. The van der Waals surface area contributed by atoms with E-state index in [9.17, 15) is 0 Å². The number of nitrogens with two attached hydrogens (primary N) is 1. The van der Waals surface area contributed by atoms with Crippen molar-refractivity contribution in [1.29, 1.82) is 0 Å². The predicted molar refractivity (Wildman–Crippen MR) is 51.1 cm³/mol. The van der Waals surface area contributed by atoms with E-state index in [4.69, 9.17) is 5.73 Å². The number of nitrogens with zero attached hydrogens (tertiary/aromatic N) is 2. The molecule has 1 aromatic rings. The van der Waals surface area contributed by atoms with Gasteiger partial charge in [0.1, 0.15) is 0 Å². The predicted octanol–water partition coefficient (Wildman–Crippen LogP) is 1.61. The molecule has 3 nitrogen and oxygen atoms in total. The summed E-state index contributed by atoms with van der Waals surface area (Å²) in [5.41, 5.74) is 8.83. The summed E-state index contributed by atoms with van der Waals surface area (Å²) in [6, 6.07) is 0. The summed E-state index contributed by atoms with van der Waals surface area (Å²) in [7, 11) is 1.93. The molecule has 0 amide bonds. The monoisotopic (exact) mass is 167 g/mol. The Morgan fingerprint density at radius 1 is 1.33 bits per heavy atom. The number of anilines is 1. The lowest BCUT2D eigenvalue weighted by Gasteiger charge is -2.19. The molecule has 1 aromatic heterocycles. The molecule has 0 saturated heterocycles. The molecule has 0 bridgehead atoms. The molecule has 1 rings (SSSR count). The molecule has 3 heteroatoms. The maximum atomic E-state index is 5.91. The first-order chi connectivity index (χ1) is 5.34. The average Bonchev–Trinajstić information content (AvgIpc) is 2.05. The first kappa shape index (κ1) is 9.10. The van der Waals surface area contributed by atoms with E-state index in [1.54, 1.807) is 0 Å². The van der Waals surface area contributed by atoms with E-state index in [0.717, 1.165) is 17.1 Å². The number of hydrogen-bond donors (Lipinski definition) is 1. The van der Waals surface area contributed by atoms with Crippen LogP contribution in [-0.4, -0.2) is 9.78 Å². The number of aryl methyl sites for hydroxylation is 2. The van der Waals surface area contributed by atoms with E-state index in [2.05, 4.69) is 25.9 Å². The van der Waals surface area contributed by atoms with Crippen LogP contribution in [-0.2, 0) is 12.5 Å². The van der Waals surface area contributed by atoms with Crippen LogP contribution in [0, 0.1) is 6.92 Å². The lowest BCUT2D eigenvalue weighted by Crippen LogP contribution is -2.18. The minimum atomic E-state index is 0.0695. The molecule has 0 atom stereocenters. The van der Waals surface area contributed by atoms with E-state index in [0.29, 0.717) is 0 Å². The molecule has 68 valence electrons. The molecule has 0 spiro atoms. The van der Waals surface area contributed by atoms with Crippen LogP contribution in [0.25, 0.3) is 0 Å². The molecule has 0 saturated carbocycles. The third-order valence-electron chi connectivity index (χ3n) is 1.98. The van der Waals surface area contributed by atoms with E-state index in [1.165, 1.54) is 0 Å². The number of rotatable bonds is 0. The van der Waals surface area contributed by atoms with Crippen molar-refractivity contribution in [3.05, 3.63) is 11.4 Å². The maximum Gasteiger partial charge on any atom is 0.0826 e. The molecule has 0 radical (unpaired) electrons. The summed E-state index contributed by atoms with van der Waals surface area (Å²) in [5, 5.41) is 4.27. The fourth-order valence-electron chi connectivity index (χ4n) is 1.56. The van der Waals surface area contributed by atoms with Crippen molar-refractivity contribution in [2.24, 2.45) is 7.05 Å². The summed E-state index contributed by atoms with van der Waals surface area (Å²) in [6.07, 6.45) is 0. The van der Waals surface area contributed by atoms with Crippen molar-refractivity contribution >= 4 is 5.69 Å². The smallest absolute Gasteiger partial charge is 0.0826 e. The van der Waals surface area contributed by atoms with Crippen LogP contribution in [0.5, 0.6) is 0 Å². The lowest BCUT2D eigenvalue weighted by atomic mass is 9.91. The molecular weight excluding hydrogens is 150 g/mol. The van der Waals surface area contributed by atoms with Gasteiger partial charge in [-0.25, -0.2) is 0 Å². The summed E-state index contributed by atoms with van der Waals surface area (Å²) in [5.74, 6) is 0. The molecule has 0 fully saturated rings. The molecule has 2 N–H and O–H groups in total. The lowest BCUT2D eigenvalue weighted by molar-refractivity contribution is 0.524. The number of nitrogen functional groups attached to an aromatic ring is 1. The van der Waals surface area contributed by atoms with E-state index < -0.39 is 0 Å². The molecule has 0 unspecified atom stereocenters. The first-order valence-electron chi connectivity index (χ1n) is 4.13. The molecule has 1 heterocycles. The van der Waals surface area contributed by atoms with E-state index >= 15 is 0 Å². The Kier molecular flexibility index (Phi) is 1.90.